The quantitative estimate of drug-likeness (QED) is 0.769. The third kappa shape index (κ3) is 2.59. The van der Waals surface area contributed by atoms with E-state index < -0.39 is 17.9 Å². The van der Waals surface area contributed by atoms with Crippen molar-refractivity contribution in [2.24, 2.45) is 13.0 Å². The molecule has 1 heterocycles. The van der Waals surface area contributed by atoms with Crippen LogP contribution in [0.15, 0.2) is 12.3 Å². The molecule has 6 nitrogen and oxygen atoms in total. The molecule has 0 bridgehead atoms. The van der Waals surface area contributed by atoms with Crippen molar-refractivity contribution in [1.82, 2.24) is 15.1 Å². The van der Waals surface area contributed by atoms with Crippen LogP contribution in [0.25, 0.3) is 0 Å². The maximum absolute atomic E-state index is 11.7. The predicted molar refractivity (Wildman–Crippen MR) is 56.9 cm³/mol. The van der Waals surface area contributed by atoms with E-state index in [4.69, 9.17) is 5.11 Å². The third-order valence-electron chi connectivity index (χ3n) is 2.27. The molecule has 16 heavy (non-hydrogen) atoms. The van der Waals surface area contributed by atoms with Crippen LogP contribution in [0.4, 0.5) is 0 Å². The number of carbonyl (C=O) groups excluding carboxylic acids is 1. The fraction of sp³-hybridized carbons (Fsp3) is 0.500. The minimum absolute atomic E-state index is 0.172. The van der Waals surface area contributed by atoms with Crippen LogP contribution >= 0.6 is 0 Å². The standard InChI is InChI=1S/C10H15N3O3/c1-6(2)8(10(15)16)12-9(14)7-4-5-11-13(7)3/h4-6,8H,1-3H3,(H,12,14)(H,15,16). The first-order valence-corrected chi connectivity index (χ1v) is 4.95. The zero-order valence-electron chi connectivity index (χ0n) is 9.47. The van der Waals surface area contributed by atoms with E-state index in [-0.39, 0.29) is 5.92 Å². The largest absolute Gasteiger partial charge is 0.480 e. The zero-order valence-corrected chi connectivity index (χ0v) is 9.47. The van der Waals surface area contributed by atoms with Crippen molar-refractivity contribution < 1.29 is 14.7 Å². The second-order valence-corrected chi connectivity index (χ2v) is 3.87. The number of nitrogens with zero attached hydrogens (tertiary/aromatic N) is 2. The first kappa shape index (κ1) is 12.2. The molecule has 1 aromatic rings. The number of nitrogens with one attached hydrogen (secondary N) is 1. The molecule has 1 atom stereocenters. The molecule has 88 valence electrons. The third-order valence-corrected chi connectivity index (χ3v) is 2.27. The normalized spacial score (nSPS) is 12.5. The number of rotatable bonds is 4. The Kier molecular flexibility index (Phi) is 3.65. The number of carboxylic acid groups (broad SMARTS) is 1. The highest BCUT2D eigenvalue weighted by Crippen LogP contribution is 2.04. The van der Waals surface area contributed by atoms with Crippen molar-refractivity contribution in [1.29, 1.82) is 0 Å². The highest BCUT2D eigenvalue weighted by Gasteiger charge is 2.24. The van der Waals surface area contributed by atoms with Gasteiger partial charge in [-0.25, -0.2) is 4.79 Å². The molecule has 0 spiro atoms. The number of aromatic nitrogens is 2. The van der Waals surface area contributed by atoms with Gasteiger partial charge in [0.2, 0.25) is 0 Å². The lowest BCUT2D eigenvalue weighted by molar-refractivity contribution is -0.140. The van der Waals surface area contributed by atoms with Crippen molar-refractivity contribution >= 4 is 11.9 Å². The molecule has 0 saturated heterocycles. The molecule has 0 aliphatic rings. The van der Waals surface area contributed by atoms with E-state index in [9.17, 15) is 9.59 Å². The van der Waals surface area contributed by atoms with Crippen molar-refractivity contribution in [2.75, 3.05) is 0 Å². The van der Waals surface area contributed by atoms with Gasteiger partial charge in [-0.2, -0.15) is 5.10 Å². The Morgan fingerprint density at radius 1 is 1.50 bits per heavy atom. The topological polar surface area (TPSA) is 84.2 Å². The molecular weight excluding hydrogens is 210 g/mol. The average Bonchev–Trinajstić information content (AvgIpc) is 2.59. The molecule has 0 fully saturated rings. The summed E-state index contributed by atoms with van der Waals surface area (Å²) in [5.41, 5.74) is 0.340. The van der Waals surface area contributed by atoms with E-state index >= 15 is 0 Å². The molecule has 0 aliphatic carbocycles. The van der Waals surface area contributed by atoms with E-state index in [1.807, 2.05) is 0 Å². The second-order valence-electron chi connectivity index (χ2n) is 3.87. The van der Waals surface area contributed by atoms with Gasteiger partial charge in [0, 0.05) is 13.2 Å². The number of amides is 1. The van der Waals surface area contributed by atoms with E-state index in [0.717, 1.165) is 0 Å². The van der Waals surface area contributed by atoms with Gasteiger partial charge in [-0.05, 0) is 12.0 Å². The maximum Gasteiger partial charge on any atom is 0.326 e. The van der Waals surface area contributed by atoms with E-state index in [0.29, 0.717) is 5.69 Å². The Morgan fingerprint density at radius 3 is 2.50 bits per heavy atom. The summed E-state index contributed by atoms with van der Waals surface area (Å²) >= 11 is 0. The van der Waals surface area contributed by atoms with Crippen LogP contribution in [0.1, 0.15) is 24.3 Å². The Bertz CT molecular complexity index is 398. The van der Waals surface area contributed by atoms with Crippen LogP contribution in [-0.4, -0.2) is 32.8 Å². The Morgan fingerprint density at radius 2 is 2.12 bits per heavy atom. The minimum atomic E-state index is -1.04. The number of carboxylic acids is 1. The molecule has 0 aliphatic heterocycles. The number of hydrogen-bond acceptors (Lipinski definition) is 3. The SMILES string of the molecule is CC(C)C(NC(=O)c1ccnn1C)C(=O)O. The molecule has 1 aromatic heterocycles. The van der Waals surface area contributed by atoms with Crippen molar-refractivity contribution in [2.45, 2.75) is 19.9 Å². The number of hydrogen-bond donors (Lipinski definition) is 2. The molecular formula is C10H15N3O3. The van der Waals surface area contributed by atoms with E-state index in [1.165, 1.54) is 16.9 Å². The second kappa shape index (κ2) is 4.78. The van der Waals surface area contributed by atoms with Gasteiger partial charge in [0.15, 0.2) is 0 Å². The van der Waals surface area contributed by atoms with Gasteiger partial charge in [0.1, 0.15) is 11.7 Å². The van der Waals surface area contributed by atoms with Crippen LogP contribution < -0.4 is 5.32 Å². The summed E-state index contributed by atoms with van der Waals surface area (Å²) in [6.45, 7) is 3.48. The van der Waals surface area contributed by atoms with Crippen molar-refractivity contribution in [3.8, 4) is 0 Å². The fourth-order valence-electron chi connectivity index (χ4n) is 1.33. The fourth-order valence-corrected chi connectivity index (χ4v) is 1.33. The van der Waals surface area contributed by atoms with Gasteiger partial charge in [-0.3, -0.25) is 9.48 Å². The summed E-state index contributed by atoms with van der Waals surface area (Å²) in [7, 11) is 1.63. The highest BCUT2D eigenvalue weighted by molar-refractivity contribution is 5.95. The first-order chi connectivity index (χ1) is 7.43. The molecule has 1 amide bonds. The van der Waals surface area contributed by atoms with Crippen LogP contribution in [0.2, 0.25) is 0 Å². The summed E-state index contributed by atoms with van der Waals surface area (Å²) in [5, 5.41) is 15.2. The van der Waals surface area contributed by atoms with Crippen LogP contribution in [0.3, 0.4) is 0 Å². The highest BCUT2D eigenvalue weighted by atomic mass is 16.4. The lowest BCUT2D eigenvalue weighted by Crippen LogP contribution is -2.44. The van der Waals surface area contributed by atoms with E-state index in [1.54, 1.807) is 20.9 Å². The van der Waals surface area contributed by atoms with Crippen LogP contribution in [-0.2, 0) is 11.8 Å². The minimum Gasteiger partial charge on any atom is -0.480 e. The monoisotopic (exact) mass is 225 g/mol. The van der Waals surface area contributed by atoms with Gasteiger partial charge in [0.05, 0.1) is 0 Å². The number of carbonyl (C=O) groups is 2. The van der Waals surface area contributed by atoms with Gasteiger partial charge >= 0.3 is 5.97 Å². The maximum atomic E-state index is 11.7. The summed E-state index contributed by atoms with van der Waals surface area (Å²) < 4.78 is 1.40. The number of aryl methyl sites for hydroxylation is 1. The van der Waals surface area contributed by atoms with Gasteiger partial charge in [0.25, 0.3) is 5.91 Å². The van der Waals surface area contributed by atoms with E-state index in [2.05, 4.69) is 10.4 Å². The lowest BCUT2D eigenvalue weighted by Gasteiger charge is -2.17. The van der Waals surface area contributed by atoms with Crippen LogP contribution in [0, 0.1) is 5.92 Å². The van der Waals surface area contributed by atoms with Gasteiger partial charge in [-0.1, -0.05) is 13.8 Å². The van der Waals surface area contributed by atoms with Crippen molar-refractivity contribution in [3.63, 3.8) is 0 Å². The van der Waals surface area contributed by atoms with Crippen molar-refractivity contribution in [3.05, 3.63) is 18.0 Å². The molecule has 2 N–H and O–H groups in total. The Hall–Kier alpha value is -1.85. The smallest absolute Gasteiger partial charge is 0.326 e. The predicted octanol–water partition coefficient (Wildman–Crippen LogP) is 0.259. The summed E-state index contributed by atoms with van der Waals surface area (Å²) in [6.07, 6.45) is 1.49. The summed E-state index contributed by atoms with van der Waals surface area (Å²) in [5.74, 6) is -1.64. The molecule has 0 radical (unpaired) electrons. The van der Waals surface area contributed by atoms with Crippen LogP contribution in [0.5, 0.6) is 0 Å². The molecule has 1 rings (SSSR count). The molecule has 1 unspecified atom stereocenters. The van der Waals surface area contributed by atoms with Gasteiger partial charge in [-0.15, -0.1) is 0 Å². The summed E-state index contributed by atoms with van der Waals surface area (Å²) in [6, 6.07) is 0.650. The average molecular weight is 225 g/mol. The Labute approximate surface area is 93.3 Å². The molecule has 6 heteroatoms. The Balaban J connectivity index is 2.77. The first-order valence-electron chi connectivity index (χ1n) is 4.95. The summed E-state index contributed by atoms with van der Waals surface area (Å²) in [4.78, 5) is 22.6. The number of aliphatic carboxylic acids is 1. The molecule has 0 saturated carbocycles. The zero-order chi connectivity index (χ0) is 12.3. The van der Waals surface area contributed by atoms with Gasteiger partial charge < -0.3 is 10.4 Å². The lowest BCUT2D eigenvalue weighted by atomic mass is 10.0. The molecule has 0 aromatic carbocycles.